The van der Waals surface area contributed by atoms with Crippen LogP contribution in [0.1, 0.15) is 36.5 Å². The van der Waals surface area contributed by atoms with Gasteiger partial charge in [0, 0.05) is 37.8 Å². The highest BCUT2D eigenvalue weighted by Gasteiger charge is 2.47. The summed E-state index contributed by atoms with van der Waals surface area (Å²) in [6, 6.07) is 11.6. The number of amides is 2. The Hall–Kier alpha value is -4.24. The molecular weight excluding hydrogens is 541 g/mol. The van der Waals surface area contributed by atoms with Crippen molar-refractivity contribution in [2.75, 3.05) is 45.2 Å². The van der Waals surface area contributed by atoms with Crippen molar-refractivity contribution >= 4 is 29.3 Å². The molecule has 9 nitrogen and oxygen atoms in total. The molecule has 1 aliphatic rings. The van der Waals surface area contributed by atoms with Crippen LogP contribution >= 0.6 is 0 Å². The van der Waals surface area contributed by atoms with Crippen molar-refractivity contribution in [3.05, 3.63) is 65.2 Å². The number of rotatable bonds is 9. The van der Waals surface area contributed by atoms with E-state index in [4.69, 9.17) is 4.74 Å². The third-order valence-electron chi connectivity index (χ3n) is 6.94. The first-order valence-corrected chi connectivity index (χ1v) is 13.0. The van der Waals surface area contributed by atoms with Crippen LogP contribution in [0.2, 0.25) is 0 Å². The van der Waals surface area contributed by atoms with Crippen LogP contribution in [0.3, 0.4) is 0 Å². The lowest BCUT2D eigenvalue weighted by molar-refractivity contribution is -0.154. The molecule has 3 unspecified atom stereocenters. The quantitative estimate of drug-likeness (QED) is 0.361. The summed E-state index contributed by atoms with van der Waals surface area (Å²) in [5.74, 6) is -7.95. The van der Waals surface area contributed by atoms with E-state index in [1.54, 1.807) is 6.92 Å². The summed E-state index contributed by atoms with van der Waals surface area (Å²) in [5, 5.41) is 11.7. The standard InChI is InChI=1S/C29H31F3N4O5/c1-4-41-28(40)23(18(2)37)24(20-10-8-19(17-33)9-11-20)25(27(39)36-14-12-35(3)13-15-36)26(38)34-22-7-5-6-21(16-22)29(30,31)32/h5-11,16,23-25H,4,12-15H2,1-3H3,(H,34,38). The van der Waals surface area contributed by atoms with Gasteiger partial charge in [0.2, 0.25) is 11.8 Å². The van der Waals surface area contributed by atoms with Crippen molar-refractivity contribution in [3.63, 3.8) is 0 Å². The van der Waals surface area contributed by atoms with Crippen molar-refractivity contribution in [3.8, 4) is 6.07 Å². The highest BCUT2D eigenvalue weighted by Crippen LogP contribution is 2.37. The normalized spacial score (nSPS) is 16.2. The van der Waals surface area contributed by atoms with Crippen LogP contribution < -0.4 is 5.32 Å². The van der Waals surface area contributed by atoms with E-state index in [0.29, 0.717) is 13.1 Å². The maximum absolute atomic E-state index is 14.1. The molecule has 3 rings (SSSR count). The number of carbonyl (C=O) groups is 4. The number of esters is 1. The Morgan fingerprint density at radius 3 is 2.20 bits per heavy atom. The first-order valence-electron chi connectivity index (χ1n) is 13.0. The molecule has 2 aromatic carbocycles. The Kier molecular flexibility index (Phi) is 10.2. The summed E-state index contributed by atoms with van der Waals surface area (Å²) in [6.45, 7) is 4.13. The highest BCUT2D eigenvalue weighted by molar-refractivity contribution is 6.09. The number of hydrogen-bond donors (Lipinski definition) is 1. The van der Waals surface area contributed by atoms with E-state index in [1.165, 1.54) is 35.2 Å². The van der Waals surface area contributed by atoms with Crippen LogP contribution in [0.5, 0.6) is 0 Å². The second-order valence-electron chi connectivity index (χ2n) is 9.77. The third-order valence-corrected chi connectivity index (χ3v) is 6.94. The van der Waals surface area contributed by atoms with Crippen LogP contribution in [0.15, 0.2) is 48.5 Å². The van der Waals surface area contributed by atoms with Gasteiger partial charge in [-0.2, -0.15) is 18.4 Å². The Balaban J connectivity index is 2.17. The molecule has 218 valence electrons. The van der Waals surface area contributed by atoms with Crippen LogP contribution in [-0.2, 0) is 30.1 Å². The average Bonchev–Trinajstić information content (AvgIpc) is 2.92. The van der Waals surface area contributed by atoms with E-state index < -0.39 is 53.1 Å². The molecule has 1 fully saturated rings. The SMILES string of the molecule is CCOC(=O)C(C(C)=O)C(c1ccc(C#N)cc1)C(C(=O)Nc1cccc(C(F)(F)F)c1)C(=O)N1CCN(C)CC1. The first-order chi connectivity index (χ1) is 19.4. The van der Waals surface area contributed by atoms with Gasteiger partial charge in [0.1, 0.15) is 17.6 Å². The van der Waals surface area contributed by atoms with Gasteiger partial charge >= 0.3 is 12.1 Å². The number of carbonyl (C=O) groups excluding carboxylic acids is 4. The number of piperazine rings is 1. The minimum atomic E-state index is -4.68. The van der Waals surface area contributed by atoms with Gasteiger partial charge in [-0.1, -0.05) is 18.2 Å². The van der Waals surface area contributed by atoms with Gasteiger partial charge in [0.05, 0.1) is 23.8 Å². The third kappa shape index (κ3) is 7.70. The molecule has 1 heterocycles. The monoisotopic (exact) mass is 572 g/mol. The van der Waals surface area contributed by atoms with Crippen molar-refractivity contribution in [1.82, 2.24) is 9.80 Å². The first kappa shape index (κ1) is 31.3. The van der Waals surface area contributed by atoms with E-state index >= 15 is 0 Å². The number of nitriles is 1. The van der Waals surface area contributed by atoms with Gasteiger partial charge in [-0.25, -0.2) is 0 Å². The molecule has 0 bridgehead atoms. The van der Waals surface area contributed by atoms with Crippen LogP contribution in [0, 0.1) is 23.2 Å². The minimum absolute atomic E-state index is 0.0732. The number of likely N-dealkylation sites (N-methyl/N-ethyl adjacent to an activating group) is 1. The fourth-order valence-electron chi connectivity index (χ4n) is 4.80. The molecular formula is C29H31F3N4O5. The van der Waals surface area contributed by atoms with Crippen molar-refractivity contribution in [2.45, 2.75) is 25.9 Å². The molecule has 0 aromatic heterocycles. The number of ether oxygens (including phenoxy) is 1. The Morgan fingerprint density at radius 1 is 1.02 bits per heavy atom. The molecule has 2 amide bonds. The zero-order valence-electron chi connectivity index (χ0n) is 22.9. The molecule has 12 heteroatoms. The molecule has 1 aliphatic heterocycles. The lowest BCUT2D eigenvalue weighted by Gasteiger charge is -2.37. The fraction of sp³-hybridized carbons (Fsp3) is 0.414. The number of alkyl halides is 3. The highest BCUT2D eigenvalue weighted by atomic mass is 19.4. The maximum Gasteiger partial charge on any atom is 0.416 e. The summed E-state index contributed by atoms with van der Waals surface area (Å²) in [7, 11) is 1.87. The fourth-order valence-corrected chi connectivity index (χ4v) is 4.80. The molecule has 0 aliphatic carbocycles. The number of nitrogens with one attached hydrogen (secondary N) is 1. The maximum atomic E-state index is 14.1. The van der Waals surface area contributed by atoms with Crippen LogP contribution in [0.4, 0.5) is 18.9 Å². The summed E-state index contributed by atoms with van der Waals surface area (Å²) in [6.07, 6.45) is -4.68. The molecule has 0 spiro atoms. The van der Waals surface area contributed by atoms with Crippen molar-refractivity contribution < 1.29 is 37.1 Å². The van der Waals surface area contributed by atoms with Crippen molar-refractivity contribution in [1.29, 1.82) is 5.26 Å². The number of anilines is 1. The summed E-state index contributed by atoms with van der Waals surface area (Å²) < 4.78 is 45.2. The molecule has 41 heavy (non-hydrogen) atoms. The van der Waals surface area contributed by atoms with Gasteiger partial charge in [-0.3, -0.25) is 19.2 Å². The molecule has 1 saturated heterocycles. The number of Topliss-reactive ketones (excluding diaryl/α,β-unsaturated/α-hetero) is 1. The summed E-state index contributed by atoms with van der Waals surface area (Å²) in [4.78, 5) is 57.4. The minimum Gasteiger partial charge on any atom is -0.465 e. The predicted octanol–water partition coefficient (Wildman–Crippen LogP) is 3.46. The number of nitrogens with zero attached hydrogens (tertiary/aromatic N) is 3. The largest absolute Gasteiger partial charge is 0.465 e. The summed E-state index contributed by atoms with van der Waals surface area (Å²) in [5.41, 5.74) is -0.716. The van der Waals surface area contributed by atoms with Gasteiger partial charge in [-0.15, -0.1) is 0 Å². The van der Waals surface area contributed by atoms with Crippen LogP contribution in [0.25, 0.3) is 0 Å². The van der Waals surface area contributed by atoms with E-state index in [1.807, 2.05) is 18.0 Å². The zero-order chi connectivity index (χ0) is 30.3. The Morgan fingerprint density at radius 2 is 1.66 bits per heavy atom. The second-order valence-corrected chi connectivity index (χ2v) is 9.77. The van der Waals surface area contributed by atoms with Crippen LogP contribution in [-0.4, -0.2) is 73.2 Å². The second kappa shape index (κ2) is 13.4. The smallest absolute Gasteiger partial charge is 0.416 e. The summed E-state index contributed by atoms with van der Waals surface area (Å²) >= 11 is 0. The predicted molar refractivity (Wildman–Crippen MR) is 142 cm³/mol. The molecule has 0 saturated carbocycles. The lowest BCUT2D eigenvalue weighted by atomic mass is 9.73. The number of benzene rings is 2. The number of hydrogen-bond acceptors (Lipinski definition) is 7. The van der Waals surface area contributed by atoms with Gasteiger partial charge in [0.15, 0.2) is 0 Å². The van der Waals surface area contributed by atoms with Gasteiger partial charge < -0.3 is 19.9 Å². The Labute approximate surface area is 235 Å². The number of ketones is 1. The van der Waals surface area contributed by atoms with E-state index in [2.05, 4.69) is 5.32 Å². The molecule has 3 atom stereocenters. The zero-order valence-corrected chi connectivity index (χ0v) is 22.9. The number of halogens is 3. The average molecular weight is 573 g/mol. The Bertz CT molecular complexity index is 1310. The van der Waals surface area contributed by atoms with Crippen molar-refractivity contribution in [2.24, 2.45) is 11.8 Å². The van der Waals surface area contributed by atoms with E-state index in [9.17, 15) is 37.6 Å². The topological polar surface area (TPSA) is 120 Å². The van der Waals surface area contributed by atoms with E-state index in [0.717, 1.165) is 25.1 Å². The molecule has 0 radical (unpaired) electrons. The molecule has 1 N–H and O–H groups in total. The van der Waals surface area contributed by atoms with Gasteiger partial charge in [-0.05, 0) is 56.8 Å². The van der Waals surface area contributed by atoms with Gasteiger partial charge in [0.25, 0.3) is 0 Å². The lowest BCUT2D eigenvalue weighted by Crippen LogP contribution is -2.53. The molecule has 2 aromatic rings. The van der Waals surface area contributed by atoms with E-state index in [-0.39, 0.29) is 36.5 Å².